The predicted molar refractivity (Wildman–Crippen MR) is 98.5 cm³/mol. The molecule has 25 heavy (non-hydrogen) atoms. The zero-order valence-corrected chi connectivity index (χ0v) is 14.8. The smallest absolute Gasteiger partial charge is 0.0945 e. The molecule has 1 saturated heterocycles. The molecule has 130 valence electrons. The van der Waals surface area contributed by atoms with Crippen LogP contribution in [0.5, 0.6) is 0 Å². The third-order valence-corrected chi connectivity index (χ3v) is 5.22. The highest BCUT2D eigenvalue weighted by molar-refractivity contribution is 5.39. The summed E-state index contributed by atoms with van der Waals surface area (Å²) in [7, 11) is 0. The molecule has 0 bridgehead atoms. The fourth-order valence-corrected chi connectivity index (χ4v) is 3.68. The van der Waals surface area contributed by atoms with Crippen LogP contribution in [0.25, 0.3) is 5.69 Å². The van der Waals surface area contributed by atoms with Gasteiger partial charge in [-0.25, -0.2) is 9.67 Å². The van der Waals surface area contributed by atoms with Crippen LogP contribution in [0.4, 0.5) is 0 Å². The van der Waals surface area contributed by atoms with Gasteiger partial charge in [-0.3, -0.25) is 4.90 Å². The Morgan fingerprint density at radius 3 is 2.68 bits per heavy atom. The van der Waals surface area contributed by atoms with Crippen molar-refractivity contribution in [3.63, 3.8) is 0 Å². The molecule has 1 aliphatic heterocycles. The summed E-state index contributed by atoms with van der Waals surface area (Å²) in [6, 6.07) is 8.61. The molecule has 3 aromatic rings. The maximum atomic E-state index is 4.31. The summed E-state index contributed by atoms with van der Waals surface area (Å²) in [5, 5.41) is 4.31. The Labute approximate surface area is 148 Å². The van der Waals surface area contributed by atoms with Crippen molar-refractivity contribution in [3.05, 3.63) is 66.5 Å². The van der Waals surface area contributed by atoms with E-state index in [1.807, 2.05) is 35.7 Å². The van der Waals surface area contributed by atoms with Gasteiger partial charge in [-0.1, -0.05) is 6.07 Å². The van der Waals surface area contributed by atoms with Gasteiger partial charge in [-0.15, -0.1) is 0 Å². The van der Waals surface area contributed by atoms with Crippen molar-refractivity contribution in [3.8, 4) is 5.69 Å². The molecule has 0 radical (unpaired) electrons. The van der Waals surface area contributed by atoms with Crippen molar-refractivity contribution in [1.82, 2.24) is 24.2 Å². The minimum atomic E-state index is 0.772. The van der Waals surface area contributed by atoms with E-state index < -0.39 is 0 Å². The first-order chi connectivity index (χ1) is 12.3. The van der Waals surface area contributed by atoms with Gasteiger partial charge in [0.15, 0.2) is 0 Å². The molecule has 1 fully saturated rings. The first kappa shape index (κ1) is 16.1. The lowest BCUT2D eigenvalue weighted by Crippen LogP contribution is -2.34. The molecule has 2 aromatic heterocycles. The SMILES string of the molecule is Cc1cc(-n2cccn2)ccc1CN1CCC(Cn2ccnc2)CC1. The molecule has 0 unspecified atom stereocenters. The van der Waals surface area contributed by atoms with E-state index in [2.05, 4.69) is 50.9 Å². The van der Waals surface area contributed by atoms with E-state index in [0.29, 0.717) is 0 Å². The van der Waals surface area contributed by atoms with Crippen LogP contribution in [0.1, 0.15) is 24.0 Å². The van der Waals surface area contributed by atoms with Crippen molar-refractivity contribution >= 4 is 0 Å². The number of hydrogen-bond donors (Lipinski definition) is 0. The fourth-order valence-electron chi connectivity index (χ4n) is 3.68. The largest absolute Gasteiger partial charge is 0.337 e. The van der Waals surface area contributed by atoms with E-state index in [0.717, 1.165) is 24.7 Å². The first-order valence-electron chi connectivity index (χ1n) is 9.05. The average molecular weight is 335 g/mol. The van der Waals surface area contributed by atoms with Gasteiger partial charge < -0.3 is 4.57 Å². The van der Waals surface area contributed by atoms with Gasteiger partial charge in [-0.2, -0.15) is 5.10 Å². The molecule has 1 aromatic carbocycles. The molecule has 0 saturated carbocycles. The van der Waals surface area contributed by atoms with Crippen molar-refractivity contribution in [2.24, 2.45) is 5.92 Å². The number of hydrogen-bond acceptors (Lipinski definition) is 3. The quantitative estimate of drug-likeness (QED) is 0.718. The third-order valence-electron chi connectivity index (χ3n) is 5.22. The van der Waals surface area contributed by atoms with E-state index >= 15 is 0 Å². The van der Waals surface area contributed by atoms with Gasteiger partial charge in [0.1, 0.15) is 0 Å². The standard InChI is InChI=1S/C20H25N5/c1-17-13-20(25-9-2-7-22-25)4-3-19(17)15-23-10-5-18(6-11-23)14-24-12-8-21-16-24/h2-4,7-9,12-13,16,18H,5-6,10-11,14-15H2,1H3. The van der Waals surface area contributed by atoms with Crippen molar-refractivity contribution in [2.45, 2.75) is 32.9 Å². The summed E-state index contributed by atoms with van der Waals surface area (Å²) in [6.07, 6.45) is 12.2. The lowest BCUT2D eigenvalue weighted by molar-refractivity contribution is 0.167. The monoisotopic (exact) mass is 335 g/mol. The first-order valence-corrected chi connectivity index (χ1v) is 9.05. The minimum Gasteiger partial charge on any atom is -0.337 e. The maximum Gasteiger partial charge on any atom is 0.0945 e. The Morgan fingerprint density at radius 1 is 1.12 bits per heavy atom. The number of imidazole rings is 1. The molecule has 3 heterocycles. The molecule has 0 N–H and O–H groups in total. The number of piperidine rings is 1. The zero-order chi connectivity index (χ0) is 17.1. The number of nitrogens with zero attached hydrogens (tertiary/aromatic N) is 5. The lowest BCUT2D eigenvalue weighted by Gasteiger charge is -2.32. The number of benzene rings is 1. The summed E-state index contributed by atoms with van der Waals surface area (Å²) >= 11 is 0. The minimum absolute atomic E-state index is 0.772. The van der Waals surface area contributed by atoms with Gasteiger partial charge in [0, 0.05) is 37.9 Å². The van der Waals surface area contributed by atoms with Crippen LogP contribution >= 0.6 is 0 Å². The number of likely N-dealkylation sites (tertiary alicyclic amines) is 1. The number of rotatable bonds is 5. The Kier molecular flexibility index (Phi) is 4.65. The van der Waals surface area contributed by atoms with Crippen LogP contribution in [0.3, 0.4) is 0 Å². The normalized spacial score (nSPS) is 16.4. The predicted octanol–water partition coefficient (Wildman–Crippen LogP) is 3.29. The summed E-state index contributed by atoms with van der Waals surface area (Å²) < 4.78 is 4.12. The van der Waals surface area contributed by atoms with E-state index in [9.17, 15) is 0 Å². The maximum absolute atomic E-state index is 4.31. The fraction of sp³-hybridized carbons (Fsp3) is 0.400. The summed E-state index contributed by atoms with van der Waals surface area (Å²) in [5.74, 6) is 0.772. The second-order valence-corrected chi connectivity index (χ2v) is 7.04. The molecule has 0 amide bonds. The van der Waals surface area contributed by atoms with Crippen LogP contribution in [0, 0.1) is 12.8 Å². The Balaban J connectivity index is 1.34. The van der Waals surface area contributed by atoms with Crippen LogP contribution in [-0.2, 0) is 13.1 Å². The highest BCUT2D eigenvalue weighted by Crippen LogP contribution is 2.22. The average Bonchev–Trinajstić information content (AvgIpc) is 3.32. The van der Waals surface area contributed by atoms with Crippen LogP contribution in [-0.4, -0.2) is 37.3 Å². The second-order valence-electron chi connectivity index (χ2n) is 7.04. The molecule has 0 atom stereocenters. The van der Waals surface area contributed by atoms with E-state index in [1.165, 1.54) is 37.1 Å². The lowest BCUT2D eigenvalue weighted by atomic mass is 9.96. The Bertz CT molecular complexity index is 784. The highest BCUT2D eigenvalue weighted by Gasteiger charge is 2.20. The molecule has 5 heteroatoms. The third kappa shape index (κ3) is 3.82. The number of aromatic nitrogens is 4. The van der Waals surface area contributed by atoms with Gasteiger partial charge in [-0.05, 0) is 68.1 Å². The van der Waals surface area contributed by atoms with Crippen LogP contribution in [0.2, 0.25) is 0 Å². The summed E-state index contributed by atoms with van der Waals surface area (Å²) in [6.45, 7) is 6.71. The summed E-state index contributed by atoms with van der Waals surface area (Å²) in [4.78, 5) is 6.72. The Hall–Kier alpha value is -2.40. The zero-order valence-electron chi connectivity index (χ0n) is 14.8. The van der Waals surface area contributed by atoms with E-state index in [-0.39, 0.29) is 0 Å². The van der Waals surface area contributed by atoms with Crippen molar-refractivity contribution < 1.29 is 0 Å². The molecular formula is C20H25N5. The van der Waals surface area contributed by atoms with E-state index in [4.69, 9.17) is 0 Å². The second kappa shape index (κ2) is 7.23. The summed E-state index contributed by atoms with van der Waals surface area (Å²) in [5.41, 5.74) is 3.89. The highest BCUT2D eigenvalue weighted by atomic mass is 15.3. The number of aryl methyl sites for hydroxylation is 1. The van der Waals surface area contributed by atoms with Crippen molar-refractivity contribution in [2.75, 3.05) is 13.1 Å². The van der Waals surface area contributed by atoms with Gasteiger partial charge in [0.2, 0.25) is 0 Å². The van der Waals surface area contributed by atoms with Gasteiger partial charge in [0.25, 0.3) is 0 Å². The molecule has 0 aliphatic carbocycles. The molecule has 4 rings (SSSR count). The van der Waals surface area contributed by atoms with Crippen molar-refractivity contribution in [1.29, 1.82) is 0 Å². The van der Waals surface area contributed by atoms with E-state index in [1.54, 1.807) is 0 Å². The van der Waals surface area contributed by atoms with Crippen LogP contribution in [0.15, 0.2) is 55.4 Å². The molecule has 0 spiro atoms. The molecule has 5 nitrogen and oxygen atoms in total. The Morgan fingerprint density at radius 2 is 2.00 bits per heavy atom. The van der Waals surface area contributed by atoms with Crippen LogP contribution < -0.4 is 0 Å². The topological polar surface area (TPSA) is 38.9 Å². The molecular weight excluding hydrogens is 310 g/mol. The molecule has 1 aliphatic rings. The van der Waals surface area contributed by atoms with Gasteiger partial charge in [0.05, 0.1) is 12.0 Å². The van der Waals surface area contributed by atoms with Gasteiger partial charge >= 0.3 is 0 Å².